The predicted molar refractivity (Wildman–Crippen MR) is 89.6 cm³/mol. The summed E-state index contributed by atoms with van der Waals surface area (Å²) in [6, 6.07) is 9.61. The van der Waals surface area contributed by atoms with Gasteiger partial charge in [-0.25, -0.2) is 9.78 Å². The van der Waals surface area contributed by atoms with Gasteiger partial charge in [-0.3, -0.25) is 4.90 Å². The van der Waals surface area contributed by atoms with Gasteiger partial charge >= 0.3 is 5.97 Å². The highest BCUT2D eigenvalue weighted by Crippen LogP contribution is 2.23. The van der Waals surface area contributed by atoms with Gasteiger partial charge in [0.25, 0.3) is 0 Å². The Balaban J connectivity index is 1.60. The summed E-state index contributed by atoms with van der Waals surface area (Å²) in [5.74, 6) is 0.101. The van der Waals surface area contributed by atoms with Crippen LogP contribution in [0.1, 0.15) is 30.2 Å². The highest BCUT2D eigenvalue weighted by Gasteiger charge is 2.34. The Labute approximate surface area is 146 Å². The lowest BCUT2D eigenvalue weighted by Crippen LogP contribution is -2.53. The van der Waals surface area contributed by atoms with Crippen LogP contribution in [-0.2, 0) is 11.3 Å². The summed E-state index contributed by atoms with van der Waals surface area (Å²) in [6.45, 7) is 6.26. The molecule has 1 aliphatic rings. The van der Waals surface area contributed by atoms with Crippen molar-refractivity contribution in [2.75, 3.05) is 19.7 Å². The van der Waals surface area contributed by atoms with Crippen molar-refractivity contribution in [2.45, 2.75) is 32.1 Å². The SMILES string of the molecule is CC1(C)CN(Cc2nc(C(=O)O)co2)CC(COc2ccccc2)O1. The van der Waals surface area contributed by atoms with Crippen LogP contribution in [0, 0.1) is 0 Å². The molecular formula is C18H22N2O5. The van der Waals surface area contributed by atoms with Crippen LogP contribution in [-0.4, -0.2) is 52.4 Å². The lowest BCUT2D eigenvalue weighted by atomic mass is 10.1. The first-order valence-electron chi connectivity index (χ1n) is 8.17. The molecule has 1 aliphatic heterocycles. The zero-order valence-corrected chi connectivity index (χ0v) is 14.3. The van der Waals surface area contributed by atoms with Crippen LogP contribution in [0.5, 0.6) is 5.75 Å². The lowest BCUT2D eigenvalue weighted by molar-refractivity contribution is -0.148. The zero-order valence-electron chi connectivity index (χ0n) is 14.3. The van der Waals surface area contributed by atoms with Crippen LogP contribution in [0.15, 0.2) is 41.0 Å². The van der Waals surface area contributed by atoms with Gasteiger partial charge in [0, 0.05) is 13.1 Å². The van der Waals surface area contributed by atoms with Crippen molar-refractivity contribution < 1.29 is 23.8 Å². The fourth-order valence-electron chi connectivity index (χ4n) is 3.00. The number of para-hydroxylation sites is 1. The minimum atomic E-state index is -1.09. The van der Waals surface area contributed by atoms with E-state index in [0.717, 1.165) is 5.75 Å². The number of carboxylic acids is 1. The Morgan fingerprint density at radius 1 is 1.40 bits per heavy atom. The van der Waals surface area contributed by atoms with Gasteiger partial charge < -0.3 is 19.0 Å². The van der Waals surface area contributed by atoms with Crippen LogP contribution in [0.4, 0.5) is 0 Å². The summed E-state index contributed by atoms with van der Waals surface area (Å²) >= 11 is 0. The third kappa shape index (κ3) is 4.80. The van der Waals surface area contributed by atoms with Gasteiger partial charge in [0.2, 0.25) is 5.89 Å². The topological polar surface area (TPSA) is 85.0 Å². The van der Waals surface area contributed by atoms with Gasteiger partial charge in [0.1, 0.15) is 24.7 Å². The molecule has 7 heteroatoms. The zero-order chi connectivity index (χ0) is 17.9. The van der Waals surface area contributed by atoms with E-state index >= 15 is 0 Å². The van der Waals surface area contributed by atoms with Gasteiger partial charge in [-0.1, -0.05) is 18.2 Å². The standard InChI is InChI=1S/C18H22N2O5/c1-18(2)12-20(9-16-19-15(11-24-16)17(21)22)8-14(25-18)10-23-13-6-4-3-5-7-13/h3-7,11,14H,8-10,12H2,1-2H3,(H,21,22). The normalized spacial score (nSPS) is 20.3. The number of hydrogen-bond acceptors (Lipinski definition) is 6. The number of carboxylic acid groups (broad SMARTS) is 1. The summed E-state index contributed by atoms with van der Waals surface area (Å²) < 4.78 is 17.2. The van der Waals surface area contributed by atoms with Crippen LogP contribution >= 0.6 is 0 Å². The largest absolute Gasteiger partial charge is 0.491 e. The Hall–Kier alpha value is -2.38. The quantitative estimate of drug-likeness (QED) is 0.860. The van der Waals surface area contributed by atoms with Crippen molar-refractivity contribution in [2.24, 2.45) is 0 Å². The molecule has 0 spiro atoms. The highest BCUT2D eigenvalue weighted by atomic mass is 16.5. The van der Waals surface area contributed by atoms with E-state index < -0.39 is 5.97 Å². The summed E-state index contributed by atoms with van der Waals surface area (Å²) in [5, 5.41) is 8.93. The third-order valence-electron chi connectivity index (χ3n) is 3.86. The van der Waals surface area contributed by atoms with Crippen LogP contribution in [0.3, 0.4) is 0 Å². The first-order valence-corrected chi connectivity index (χ1v) is 8.17. The Morgan fingerprint density at radius 3 is 2.84 bits per heavy atom. The fraction of sp³-hybridized carbons (Fsp3) is 0.444. The van der Waals surface area contributed by atoms with Crippen molar-refractivity contribution in [3.05, 3.63) is 48.2 Å². The maximum absolute atomic E-state index is 10.9. The van der Waals surface area contributed by atoms with E-state index in [9.17, 15) is 4.79 Å². The molecule has 0 amide bonds. The van der Waals surface area contributed by atoms with Crippen LogP contribution in [0.2, 0.25) is 0 Å². The van der Waals surface area contributed by atoms with Gasteiger partial charge in [-0.05, 0) is 26.0 Å². The predicted octanol–water partition coefficient (Wildman–Crippen LogP) is 2.43. The molecule has 7 nitrogen and oxygen atoms in total. The molecular weight excluding hydrogens is 324 g/mol. The van der Waals surface area contributed by atoms with E-state index in [1.807, 2.05) is 44.2 Å². The minimum Gasteiger partial charge on any atom is -0.491 e. The minimum absolute atomic E-state index is 0.0773. The highest BCUT2D eigenvalue weighted by molar-refractivity contribution is 5.84. The average molecular weight is 346 g/mol. The molecule has 0 saturated carbocycles. The van der Waals surface area contributed by atoms with E-state index in [-0.39, 0.29) is 17.4 Å². The van der Waals surface area contributed by atoms with Crippen LogP contribution < -0.4 is 4.74 Å². The number of rotatable bonds is 6. The first kappa shape index (κ1) is 17.4. The Kier molecular flexibility index (Phi) is 5.06. The number of morpholine rings is 1. The summed E-state index contributed by atoms with van der Waals surface area (Å²) in [4.78, 5) is 17.0. The number of aromatic carboxylic acids is 1. The fourth-order valence-corrected chi connectivity index (χ4v) is 3.00. The molecule has 1 N–H and O–H groups in total. The van der Waals surface area contributed by atoms with Gasteiger partial charge in [0.05, 0.1) is 12.1 Å². The molecule has 1 atom stereocenters. The molecule has 0 aliphatic carbocycles. The molecule has 134 valence electrons. The number of nitrogens with zero attached hydrogens (tertiary/aromatic N) is 2. The van der Waals surface area contributed by atoms with E-state index in [1.54, 1.807) is 0 Å². The van der Waals surface area contributed by atoms with Crippen molar-refractivity contribution in [1.29, 1.82) is 0 Å². The molecule has 25 heavy (non-hydrogen) atoms. The summed E-state index contributed by atoms with van der Waals surface area (Å²) in [6.07, 6.45) is 1.07. The first-order chi connectivity index (χ1) is 11.9. The molecule has 1 aromatic heterocycles. The van der Waals surface area contributed by atoms with Gasteiger partial charge in [-0.15, -0.1) is 0 Å². The van der Waals surface area contributed by atoms with E-state index in [0.29, 0.717) is 32.1 Å². The summed E-state index contributed by atoms with van der Waals surface area (Å²) in [5.41, 5.74) is -0.419. The van der Waals surface area contributed by atoms with Crippen molar-refractivity contribution in [1.82, 2.24) is 9.88 Å². The van der Waals surface area contributed by atoms with E-state index in [2.05, 4.69) is 9.88 Å². The second-order valence-corrected chi connectivity index (χ2v) is 6.72. The molecule has 1 aromatic carbocycles. The average Bonchev–Trinajstić information content (AvgIpc) is 3.01. The van der Waals surface area contributed by atoms with Crippen molar-refractivity contribution in [3.8, 4) is 5.75 Å². The molecule has 1 unspecified atom stereocenters. The van der Waals surface area contributed by atoms with Crippen LogP contribution in [0.25, 0.3) is 0 Å². The second-order valence-electron chi connectivity index (χ2n) is 6.72. The Bertz CT molecular complexity index is 713. The molecule has 1 saturated heterocycles. The number of hydrogen-bond donors (Lipinski definition) is 1. The maximum Gasteiger partial charge on any atom is 0.357 e. The number of oxazole rings is 1. The molecule has 3 rings (SSSR count). The van der Waals surface area contributed by atoms with Crippen molar-refractivity contribution in [3.63, 3.8) is 0 Å². The number of carbonyl (C=O) groups is 1. The Morgan fingerprint density at radius 2 is 2.16 bits per heavy atom. The number of benzene rings is 1. The smallest absolute Gasteiger partial charge is 0.357 e. The lowest BCUT2D eigenvalue weighted by Gasteiger charge is -2.42. The molecule has 2 aromatic rings. The number of ether oxygens (including phenoxy) is 2. The number of aromatic nitrogens is 1. The third-order valence-corrected chi connectivity index (χ3v) is 3.86. The molecule has 0 radical (unpaired) electrons. The van der Waals surface area contributed by atoms with E-state index in [4.69, 9.17) is 19.0 Å². The molecule has 2 heterocycles. The van der Waals surface area contributed by atoms with Crippen molar-refractivity contribution >= 4 is 5.97 Å². The molecule has 0 bridgehead atoms. The van der Waals surface area contributed by atoms with Gasteiger partial charge in [0.15, 0.2) is 5.69 Å². The van der Waals surface area contributed by atoms with E-state index in [1.165, 1.54) is 6.26 Å². The second kappa shape index (κ2) is 7.25. The van der Waals surface area contributed by atoms with Gasteiger partial charge in [-0.2, -0.15) is 0 Å². The maximum atomic E-state index is 10.9. The molecule has 1 fully saturated rings. The summed E-state index contributed by atoms with van der Waals surface area (Å²) in [7, 11) is 0. The monoisotopic (exact) mass is 346 g/mol.